The van der Waals surface area contributed by atoms with Crippen LogP contribution in [0, 0.1) is 17.0 Å². The molecule has 1 fully saturated rings. The van der Waals surface area contributed by atoms with E-state index in [2.05, 4.69) is 4.98 Å². The van der Waals surface area contributed by atoms with Crippen LogP contribution in [0.15, 0.2) is 6.20 Å². The van der Waals surface area contributed by atoms with Crippen molar-refractivity contribution in [2.45, 2.75) is 19.9 Å². The first kappa shape index (κ1) is 13.0. The molecule has 9 heteroatoms. The molecule has 0 N–H and O–H groups in total. The number of sulfonamides is 1. The number of hydrogen-bond acceptors (Lipinski definition) is 5. The normalized spacial score (nSPS) is 19.2. The van der Waals surface area contributed by atoms with Crippen LogP contribution in [0.3, 0.4) is 0 Å². The summed E-state index contributed by atoms with van der Waals surface area (Å²) in [4.78, 5) is 14.1. The van der Waals surface area contributed by atoms with Crippen LogP contribution >= 0.6 is 0 Å². The lowest BCUT2D eigenvalue weighted by atomic mass is 10.4. The summed E-state index contributed by atoms with van der Waals surface area (Å²) < 4.78 is 26.0. The van der Waals surface area contributed by atoms with Gasteiger partial charge in [0.1, 0.15) is 12.7 Å². The summed E-state index contributed by atoms with van der Waals surface area (Å²) in [5.41, 5.74) is 0. The van der Waals surface area contributed by atoms with E-state index >= 15 is 0 Å². The number of aryl methyl sites for hydroxylation is 1. The van der Waals surface area contributed by atoms with Gasteiger partial charge in [-0.3, -0.25) is 0 Å². The Morgan fingerprint density at radius 1 is 1.50 bits per heavy atom. The lowest BCUT2D eigenvalue weighted by molar-refractivity contribution is -0.392. The highest BCUT2D eigenvalue weighted by Crippen LogP contribution is 2.16. The van der Waals surface area contributed by atoms with Gasteiger partial charge in [0.05, 0.1) is 12.3 Å². The Labute approximate surface area is 104 Å². The molecule has 1 saturated heterocycles. The van der Waals surface area contributed by atoms with Crippen molar-refractivity contribution in [2.24, 2.45) is 0 Å². The molecule has 18 heavy (non-hydrogen) atoms. The molecule has 8 nitrogen and oxygen atoms in total. The molecule has 2 rings (SSSR count). The fourth-order valence-corrected chi connectivity index (χ4v) is 3.55. The molecule has 0 aliphatic carbocycles. The van der Waals surface area contributed by atoms with Crippen LogP contribution in [0.5, 0.6) is 0 Å². The highest BCUT2D eigenvalue weighted by atomic mass is 32.2. The Bertz CT molecular complexity index is 565. The summed E-state index contributed by atoms with van der Waals surface area (Å²) >= 11 is 0. The summed E-state index contributed by atoms with van der Waals surface area (Å²) in [6, 6.07) is 0. The fraction of sp³-hybridized carbons (Fsp3) is 0.667. The number of imidazole rings is 1. The topological polar surface area (TPSA) is 98.3 Å². The summed E-state index contributed by atoms with van der Waals surface area (Å²) in [5.74, 6) is 0.570. The predicted molar refractivity (Wildman–Crippen MR) is 63.6 cm³/mol. The van der Waals surface area contributed by atoms with Gasteiger partial charge in [0, 0.05) is 13.5 Å². The smallest absolute Gasteiger partial charge is 0.342 e. The first-order valence-corrected chi connectivity index (χ1v) is 7.17. The Hall–Kier alpha value is -1.48. The Morgan fingerprint density at radius 2 is 2.22 bits per heavy atom. The van der Waals surface area contributed by atoms with Crippen LogP contribution in [-0.2, 0) is 16.6 Å². The van der Waals surface area contributed by atoms with E-state index in [1.807, 2.05) is 0 Å². The number of rotatable bonds is 4. The van der Waals surface area contributed by atoms with Crippen molar-refractivity contribution in [3.8, 4) is 0 Å². The maximum atomic E-state index is 11.6. The van der Waals surface area contributed by atoms with E-state index in [1.54, 1.807) is 6.92 Å². The zero-order valence-electron chi connectivity index (χ0n) is 9.94. The minimum absolute atomic E-state index is 0.107. The highest BCUT2D eigenvalue weighted by Gasteiger charge is 2.29. The van der Waals surface area contributed by atoms with Gasteiger partial charge in [-0.25, -0.2) is 18.0 Å². The van der Waals surface area contributed by atoms with Gasteiger partial charge in [-0.2, -0.15) is 4.31 Å². The summed E-state index contributed by atoms with van der Waals surface area (Å²) in [6.07, 6.45) is 1.81. The predicted octanol–water partition coefficient (Wildman–Crippen LogP) is 0.135. The molecule has 1 aromatic heterocycles. The molecule has 0 amide bonds. The van der Waals surface area contributed by atoms with E-state index in [-0.39, 0.29) is 24.7 Å². The highest BCUT2D eigenvalue weighted by molar-refractivity contribution is 7.89. The van der Waals surface area contributed by atoms with Crippen LogP contribution in [-0.4, -0.2) is 46.0 Å². The molecule has 1 aromatic rings. The quantitative estimate of drug-likeness (QED) is 0.574. The summed E-state index contributed by atoms with van der Waals surface area (Å²) in [7, 11) is -3.16. The van der Waals surface area contributed by atoms with Crippen molar-refractivity contribution >= 4 is 15.8 Å². The third-order valence-corrected chi connectivity index (χ3v) is 4.95. The second kappa shape index (κ2) is 4.65. The van der Waals surface area contributed by atoms with Crippen LogP contribution in [0.4, 0.5) is 5.82 Å². The van der Waals surface area contributed by atoms with Gasteiger partial charge >= 0.3 is 5.82 Å². The van der Waals surface area contributed by atoms with Gasteiger partial charge in [0.15, 0.2) is 5.82 Å². The molecular formula is C9H14N4O4S. The van der Waals surface area contributed by atoms with Gasteiger partial charge in [-0.15, -0.1) is 0 Å². The summed E-state index contributed by atoms with van der Waals surface area (Å²) in [5, 5.41) is 10.8. The van der Waals surface area contributed by atoms with E-state index in [0.717, 1.165) is 0 Å². The first-order valence-electron chi connectivity index (χ1n) is 5.56. The van der Waals surface area contributed by atoms with Crippen molar-refractivity contribution in [2.75, 3.05) is 18.8 Å². The lowest BCUT2D eigenvalue weighted by Crippen LogP contribution is -2.29. The Balaban J connectivity index is 2.11. The van der Waals surface area contributed by atoms with Gasteiger partial charge in [-0.1, -0.05) is 0 Å². The molecule has 0 aromatic carbocycles. The van der Waals surface area contributed by atoms with Crippen molar-refractivity contribution in [1.82, 2.24) is 13.9 Å². The van der Waals surface area contributed by atoms with Gasteiger partial charge in [0.2, 0.25) is 10.0 Å². The van der Waals surface area contributed by atoms with Crippen LogP contribution in [0.25, 0.3) is 0 Å². The maximum absolute atomic E-state index is 11.6. The van der Waals surface area contributed by atoms with E-state index < -0.39 is 14.9 Å². The monoisotopic (exact) mass is 274 g/mol. The maximum Gasteiger partial charge on any atom is 0.342 e. The first-order chi connectivity index (χ1) is 8.42. The number of nitrogens with zero attached hydrogens (tertiary/aromatic N) is 4. The van der Waals surface area contributed by atoms with Crippen molar-refractivity contribution < 1.29 is 13.3 Å². The SMILES string of the molecule is Cc1ncc([N+](=O)[O-])n1CCN1CCCS1(=O)=O. The van der Waals surface area contributed by atoms with Gasteiger partial charge in [-0.05, 0) is 11.3 Å². The van der Waals surface area contributed by atoms with E-state index in [0.29, 0.717) is 18.8 Å². The van der Waals surface area contributed by atoms with Crippen LogP contribution in [0.2, 0.25) is 0 Å². The third-order valence-electron chi connectivity index (χ3n) is 3.00. The van der Waals surface area contributed by atoms with E-state index in [9.17, 15) is 18.5 Å². The zero-order chi connectivity index (χ0) is 13.3. The minimum Gasteiger partial charge on any atom is -0.358 e. The van der Waals surface area contributed by atoms with E-state index in [1.165, 1.54) is 15.1 Å². The lowest BCUT2D eigenvalue weighted by Gasteiger charge is -2.13. The molecule has 0 bridgehead atoms. The average Bonchev–Trinajstić information content (AvgIpc) is 2.79. The molecule has 2 heterocycles. The summed E-state index contributed by atoms with van der Waals surface area (Å²) in [6.45, 7) is 2.65. The molecule has 0 atom stereocenters. The molecule has 0 unspecified atom stereocenters. The molecule has 100 valence electrons. The fourth-order valence-electron chi connectivity index (χ4n) is 2.03. The molecule has 1 aliphatic heterocycles. The van der Waals surface area contributed by atoms with Crippen LogP contribution in [0.1, 0.15) is 12.2 Å². The zero-order valence-corrected chi connectivity index (χ0v) is 10.8. The number of hydrogen-bond donors (Lipinski definition) is 0. The molecule has 1 aliphatic rings. The molecule has 0 saturated carbocycles. The standard InChI is InChI=1S/C9H14N4O4S/c1-8-10-7-9(13(14)15)12(8)5-4-11-3-2-6-18(11,16)17/h7H,2-6H2,1H3. The largest absolute Gasteiger partial charge is 0.358 e. The second-order valence-corrected chi connectivity index (χ2v) is 6.23. The van der Waals surface area contributed by atoms with E-state index in [4.69, 9.17) is 0 Å². The Morgan fingerprint density at radius 3 is 2.78 bits per heavy atom. The average molecular weight is 274 g/mol. The molecular weight excluding hydrogens is 260 g/mol. The second-order valence-electron chi connectivity index (χ2n) is 4.14. The van der Waals surface area contributed by atoms with Crippen molar-refractivity contribution in [3.63, 3.8) is 0 Å². The number of aromatic nitrogens is 2. The molecule has 0 radical (unpaired) electrons. The third kappa shape index (κ3) is 2.36. The minimum atomic E-state index is -3.16. The van der Waals surface area contributed by atoms with Crippen molar-refractivity contribution in [3.05, 3.63) is 22.1 Å². The van der Waals surface area contributed by atoms with Crippen molar-refractivity contribution in [1.29, 1.82) is 0 Å². The van der Waals surface area contributed by atoms with Crippen LogP contribution < -0.4 is 0 Å². The Kier molecular flexibility index (Phi) is 3.35. The van der Waals surface area contributed by atoms with Gasteiger partial charge < -0.3 is 10.1 Å². The van der Waals surface area contributed by atoms with Gasteiger partial charge in [0.25, 0.3) is 0 Å². The molecule has 0 spiro atoms. The number of nitro groups is 1.